The average molecular weight is 331 g/mol. The molecule has 2 aromatic carbocycles. The van der Waals surface area contributed by atoms with Crippen molar-refractivity contribution in [3.8, 4) is 11.1 Å². The van der Waals surface area contributed by atoms with E-state index >= 15 is 0 Å². The van der Waals surface area contributed by atoms with Crippen LogP contribution < -0.4 is 4.72 Å². The lowest BCUT2D eigenvalue weighted by molar-refractivity contribution is 0.601. The molecule has 0 radical (unpaired) electrons. The number of nitrogens with one attached hydrogen (secondary N) is 1. The molecule has 0 aliphatic rings. The Labute approximate surface area is 133 Å². The second-order valence-electron chi connectivity index (χ2n) is 4.99. The maximum absolute atomic E-state index is 13.1. The van der Waals surface area contributed by atoms with Crippen LogP contribution >= 0.6 is 0 Å². The van der Waals surface area contributed by atoms with E-state index in [0.717, 1.165) is 0 Å². The van der Waals surface area contributed by atoms with Gasteiger partial charge in [0.15, 0.2) is 5.82 Å². The van der Waals surface area contributed by atoms with Crippen LogP contribution in [0.15, 0.2) is 65.7 Å². The molecule has 7 heteroatoms. The Morgan fingerprint density at radius 3 is 2.35 bits per heavy atom. The van der Waals surface area contributed by atoms with Crippen molar-refractivity contribution in [3.63, 3.8) is 0 Å². The summed E-state index contributed by atoms with van der Waals surface area (Å²) in [6, 6.07) is 13.8. The molecule has 0 fully saturated rings. The Hall–Kier alpha value is -2.67. The highest BCUT2D eigenvalue weighted by atomic mass is 32.2. The van der Waals surface area contributed by atoms with E-state index < -0.39 is 10.0 Å². The maximum atomic E-state index is 13.1. The van der Waals surface area contributed by atoms with Crippen molar-refractivity contribution in [3.05, 3.63) is 66.6 Å². The highest BCUT2D eigenvalue weighted by Gasteiger charge is 2.19. The van der Waals surface area contributed by atoms with Crippen LogP contribution in [0.4, 0.5) is 10.2 Å². The van der Waals surface area contributed by atoms with Gasteiger partial charge in [0.2, 0.25) is 0 Å². The molecule has 0 aliphatic heterocycles. The van der Waals surface area contributed by atoms with Crippen LogP contribution in [0.25, 0.3) is 11.1 Å². The van der Waals surface area contributed by atoms with Gasteiger partial charge in [-0.15, -0.1) is 0 Å². The molecule has 3 aromatic rings. The molecule has 0 saturated carbocycles. The van der Waals surface area contributed by atoms with Gasteiger partial charge in [0, 0.05) is 18.8 Å². The van der Waals surface area contributed by atoms with Gasteiger partial charge in [-0.3, -0.25) is 9.40 Å². The summed E-state index contributed by atoms with van der Waals surface area (Å²) in [6.07, 6.45) is 1.68. The molecule has 0 aliphatic carbocycles. The van der Waals surface area contributed by atoms with Gasteiger partial charge in [0.1, 0.15) is 5.82 Å². The van der Waals surface area contributed by atoms with E-state index in [1.807, 2.05) is 0 Å². The second kappa shape index (κ2) is 5.85. The summed E-state index contributed by atoms with van der Waals surface area (Å²) in [5, 5.41) is 4.15. The zero-order valence-electron chi connectivity index (χ0n) is 12.3. The van der Waals surface area contributed by atoms with Crippen LogP contribution in [0.3, 0.4) is 0 Å². The Morgan fingerprint density at radius 1 is 1.04 bits per heavy atom. The first-order valence-electron chi connectivity index (χ1n) is 6.83. The number of halogens is 1. The molecule has 1 N–H and O–H groups in total. The van der Waals surface area contributed by atoms with Crippen molar-refractivity contribution in [2.24, 2.45) is 7.05 Å². The van der Waals surface area contributed by atoms with E-state index in [1.165, 1.54) is 28.9 Å². The number of benzene rings is 2. The minimum absolute atomic E-state index is 0.149. The third-order valence-electron chi connectivity index (χ3n) is 3.27. The number of sulfonamides is 1. The van der Waals surface area contributed by atoms with Crippen molar-refractivity contribution >= 4 is 15.8 Å². The number of hydrogen-bond acceptors (Lipinski definition) is 3. The first kappa shape index (κ1) is 15.2. The van der Waals surface area contributed by atoms with E-state index in [2.05, 4.69) is 9.82 Å². The summed E-state index contributed by atoms with van der Waals surface area (Å²) >= 11 is 0. The Bertz CT molecular complexity index is 920. The lowest BCUT2D eigenvalue weighted by atomic mass is 10.1. The van der Waals surface area contributed by atoms with Gasteiger partial charge < -0.3 is 0 Å². The average Bonchev–Trinajstić information content (AvgIpc) is 2.89. The summed E-state index contributed by atoms with van der Waals surface area (Å²) in [6.45, 7) is 0. The van der Waals surface area contributed by atoms with Crippen LogP contribution in [-0.2, 0) is 17.1 Å². The zero-order chi connectivity index (χ0) is 16.4. The van der Waals surface area contributed by atoms with Gasteiger partial charge in [-0.25, -0.2) is 12.8 Å². The number of aromatic nitrogens is 2. The van der Waals surface area contributed by atoms with E-state index in [9.17, 15) is 12.8 Å². The molecule has 0 unspecified atom stereocenters. The Balaban J connectivity index is 2.00. The largest absolute Gasteiger partial charge is 0.273 e. The van der Waals surface area contributed by atoms with Gasteiger partial charge in [-0.05, 0) is 29.8 Å². The normalized spacial score (nSPS) is 11.4. The van der Waals surface area contributed by atoms with Gasteiger partial charge >= 0.3 is 0 Å². The van der Waals surface area contributed by atoms with Gasteiger partial charge in [-0.2, -0.15) is 5.10 Å². The first-order chi connectivity index (χ1) is 11.0. The van der Waals surface area contributed by atoms with Crippen LogP contribution in [0.2, 0.25) is 0 Å². The lowest BCUT2D eigenvalue weighted by Gasteiger charge is -2.07. The molecule has 0 bridgehead atoms. The van der Waals surface area contributed by atoms with Crippen molar-refractivity contribution in [1.82, 2.24) is 9.78 Å². The maximum Gasteiger partial charge on any atom is 0.263 e. The molecule has 1 heterocycles. The zero-order valence-corrected chi connectivity index (χ0v) is 13.1. The fourth-order valence-electron chi connectivity index (χ4n) is 2.19. The topological polar surface area (TPSA) is 64.0 Å². The van der Waals surface area contributed by atoms with Crippen molar-refractivity contribution in [2.45, 2.75) is 4.90 Å². The monoisotopic (exact) mass is 331 g/mol. The quantitative estimate of drug-likeness (QED) is 0.799. The van der Waals surface area contributed by atoms with Crippen LogP contribution in [0.5, 0.6) is 0 Å². The number of rotatable bonds is 4. The molecule has 5 nitrogen and oxygen atoms in total. The SMILES string of the molecule is Cn1cc(-c2ccc(F)cc2)c(NS(=O)(=O)c2ccccc2)n1. The summed E-state index contributed by atoms with van der Waals surface area (Å²) in [7, 11) is -2.05. The predicted octanol–water partition coefficient (Wildman–Crippen LogP) is 3.03. The third kappa shape index (κ3) is 3.24. The van der Waals surface area contributed by atoms with Crippen LogP contribution in [0.1, 0.15) is 0 Å². The van der Waals surface area contributed by atoms with Gasteiger partial charge in [0.25, 0.3) is 10.0 Å². The smallest absolute Gasteiger partial charge is 0.263 e. The fraction of sp³-hybridized carbons (Fsp3) is 0.0625. The molecule has 118 valence electrons. The fourth-order valence-corrected chi connectivity index (χ4v) is 3.23. The highest BCUT2D eigenvalue weighted by Crippen LogP contribution is 2.28. The third-order valence-corrected chi connectivity index (χ3v) is 4.62. The molecular weight excluding hydrogens is 317 g/mol. The molecule has 23 heavy (non-hydrogen) atoms. The summed E-state index contributed by atoms with van der Waals surface area (Å²) < 4.78 is 41.9. The predicted molar refractivity (Wildman–Crippen MR) is 85.9 cm³/mol. The molecule has 0 saturated heterocycles. The Morgan fingerprint density at radius 2 is 1.70 bits per heavy atom. The first-order valence-corrected chi connectivity index (χ1v) is 8.31. The van der Waals surface area contributed by atoms with Crippen LogP contribution in [-0.4, -0.2) is 18.2 Å². The second-order valence-corrected chi connectivity index (χ2v) is 6.67. The van der Waals surface area contributed by atoms with Crippen LogP contribution in [0, 0.1) is 5.82 Å². The van der Waals surface area contributed by atoms with Crippen molar-refractivity contribution in [2.75, 3.05) is 4.72 Å². The molecule has 1 aromatic heterocycles. The Kier molecular flexibility index (Phi) is 3.87. The number of hydrogen-bond donors (Lipinski definition) is 1. The minimum atomic E-state index is -3.74. The van der Waals surface area contributed by atoms with Gasteiger partial charge in [-0.1, -0.05) is 30.3 Å². The highest BCUT2D eigenvalue weighted by molar-refractivity contribution is 7.92. The minimum Gasteiger partial charge on any atom is -0.273 e. The molecule has 0 amide bonds. The number of nitrogens with zero attached hydrogens (tertiary/aromatic N) is 2. The van der Waals surface area contributed by atoms with E-state index in [-0.39, 0.29) is 16.5 Å². The molecule has 0 atom stereocenters. The van der Waals surface area contributed by atoms with Gasteiger partial charge in [0.05, 0.1) is 4.90 Å². The molecule has 3 rings (SSSR count). The van der Waals surface area contributed by atoms with E-state index in [1.54, 1.807) is 43.6 Å². The summed E-state index contributed by atoms with van der Waals surface area (Å²) in [5.74, 6) is -0.160. The van der Waals surface area contributed by atoms with Crippen molar-refractivity contribution < 1.29 is 12.8 Å². The molecule has 0 spiro atoms. The summed E-state index contributed by atoms with van der Waals surface area (Å²) in [5.41, 5.74) is 1.25. The number of anilines is 1. The molecular formula is C16H14FN3O2S. The standard InChI is InChI=1S/C16H14FN3O2S/c1-20-11-15(12-7-9-13(17)10-8-12)16(18-20)19-23(21,22)14-5-3-2-4-6-14/h2-11H,1H3,(H,18,19). The van der Waals surface area contributed by atoms with E-state index in [4.69, 9.17) is 0 Å². The van der Waals surface area contributed by atoms with E-state index in [0.29, 0.717) is 11.1 Å². The summed E-state index contributed by atoms with van der Waals surface area (Å²) in [4.78, 5) is 0.149. The lowest BCUT2D eigenvalue weighted by Crippen LogP contribution is -2.14. The van der Waals surface area contributed by atoms with Crippen molar-refractivity contribution in [1.29, 1.82) is 0 Å². The number of aryl methyl sites for hydroxylation is 1.